The van der Waals surface area contributed by atoms with Gasteiger partial charge >= 0.3 is 0 Å². The molecule has 0 saturated carbocycles. The fraction of sp³-hybridized carbons (Fsp3) is 0.321. The van der Waals surface area contributed by atoms with Crippen molar-refractivity contribution in [2.24, 2.45) is 0 Å². The van der Waals surface area contributed by atoms with E-state index in [-0.39, 0.29) is 11.9 Å². The molecular weight excluding hydrogens is 382 g/mol. The zero-order chi connectivity index (χ0) is 21.8. The molecule has 0 radical (unpaired) electrons. The Morgan fingerprint density at radius 1 is 0.903 bits per heavy atom. The average Bonchev–Trinajstić information content (AvgIpc) is 2.78. The molecule has 1 N–H and O–H groups in total. The van der Waals surface area contributed by atoms with Gasteiger partial charge in [-0.2, -0.15) is 0 Å². The molecule has 3 nitrogen and oxygen atoms in total. The molecule has 2 atom stereocenters. The van der Waals surface area contributed by atoms with E-state index in [2.05, 4.69) is 61.6 Å². The molecule has 3 aromatic rings. The monoisotopic (exact) mass is 413 g/mol. The lowest BCUT2D eigenvalue weighted by Gasteiger charge is -2.24. The predicted octanol–water partition coefficient (Wildman–Crippen LogP) is 5.86. The van der Waals surface area contributed by atoms with Gasteiger partial charge in [-0.25, -0.2) is 0 Å². The minimum atomic E-state index is -0.585. The molecule has 0 aliphatic heterocycles. The fourth-order valence-corrected chi connectivity index (χ4v) is 4.44. The van der Waals surface area contributed by atoms with Crippen LogP contribution in [0.2, 0.25) is 0 Å². The second kappa shape index (κ2) is 9.38. The number of carbonyl (C=O) groups excluding carboxylic acids is 1. The summed E-state index contributed by atoms with van der Waals surface area (Å²) in [6.45, 7) is 6.00. The highest BCUT2D eigenvalue weighted by molar-refractivity contribution is 5.81. The van der Waals surface area contributed by atoms with Gasteiger partial charge in [0.15, 0.2) is 6.10 Å². The summed E-state index contributed by atoms with van der Waals surface area (Å²) in [6, 6.07) is 22.5. The molecule has 4 rings (SSSR count). The Labute approximate surface area is 185 Å². The van der Waals surface area contributed by atoms with Gasteiger partial charge in [0, 0.05) is 0 Å². The number of hydrogen-bond donors (Lipinski definition) is 1. The maximum atomic E-state index is 13.1. The Kier molecular flexibility index (Phi) is 6.41. The standard InChI is InChI=1S/C28H31NO2/c1-19-13-16-26(20(2)17-19)27(23-10-5-4-6-11-23)29-28(30)21(3)31-25-15-14-22-9-7-8-12-24(22)18-25/h4-6,10-11,13-18,21,27H,7-9,12H2,1-3H3,(H,29,30). The summed E-state index contributed by atoms with van der Waals surface area (Å²) >= 11 is 0. The Hall–Kier alpha value is -3.07. The molecule has 1 amide bonds. The van der Waals surface area contributed by atoms with Crippen molar-refractivity contribution in [3.63, 3.8) is 0 Å². The van der Waals surface area contributed by atoms with E-state index in [1.165, 1.54) is 29.5 Å². The Balaban J connectivity index is 1.53. The minimum Gasteiger partial charge on any atom is -0.481 e. The van der Waals surface area contributed by atoms with E-state index >= 15 is 0 Å². The second-order valence-electron chi connectivity index (χ2n) is 8.61. The number of nitrogens with one attached hydrogen (secondary N) is 1. The summed E-state index contributed by atoms with van der Waals surface area (Å²) < 4.78 is 6.05. The van der Waals surface area contributed by atoms with E-state index in [0.29, 0.717) is 0 Å². The van der Waals surface area contributed by atoms with E-state index in [1.807, 2.05) is 31.2 Å². The topological polar surface area (TPSA) is 38.3 Å². The van der Waals surface area contributed by atoms with E-state index < -0.39 is 6.10 Å². The zero-order valence-corrected chi connectivity index (χ0v) is 18.7. The third-order valence-electron chi connectivity index (χ3n) is 6.16. The van der Waals surface area contributed by atoms with Gasteiger partial charge in [-0.1, -0.05) is 60.2 Å². The molecule has 2 unspecified atom stereocenters. The largest absolute Gasteiger partial charge is 0.481 e. The van der Waals surface area contributed by atoms with Crippen molar-refractivity contribution in [2.75, 3.05) is 0 Å². The summed E-state index contributed by atoms with van der Waals surface area (Å²) in [5.41, 5.74) is 7.30. The maximum absolute atomic E-state index is 13.1. The van der Waals surface area contributed by atoms with Crippen LogP contribution in [0.5, 0.6) is 5.75 Å². The smallest absolute Gasteiger partial charge is 0.261 e. The van der Waals surface area contributed by atoms with Gasteiger partial charge < -0.3 is 10.1 Å². The van der Waals surface area contributed by atoms with Crippen LogP contribution in [0.15, 0.2) is 66.7 Å². The van der Waals surface area contributed by atoms with Crippen LogP contribution >= 0.6 is 0 Å². The van der Waals surface area contributed by atoms with Crippen molar-refractivity contribution < 1.29 is 9.53 Å². The Morgan fingerprint density at radius 2 is 1.65 bits per heavy atom. The van der Waals surface area contributed by atoms with E-state index in [0.717, 1.165) is 35.3 Å². The summed E-state index contributed by atoms with van der Waals surface area (Å²) in [6.07, 6.45) is 4.13. The van der Waals surface area contributed by atoms with Crippen molar-refractivity contribution in [3.05, 3.63) is 100 Å². The number of rotatable bonds is 6. The highest BCUT2D eigenvalue weighted by Crippen LogP contribution is 2.28. The van der Waals surface area contributed by atoms with Crippen LogP contribution in [0.25, 0.3) is 0 Å². The highest BCUT2D eigenvalue weighted by Gasteiger charge is 2.23. The quantitative estimate of drug-likeness (QED) is 0.550. The summed E-state index contributed by atoms with van der Waals surface area (Å²) in [4.78, 5) is 13.1. The maximum Gasteiger partial charge on any atom is 0.261 e. The lowest BCUT2D eigenvalue weighted by molar-refractivity contribution is -0.127. The van der Waals surface area contributed by atoms with Crippen LogP contribution in [-0.4, -0.2) is 12.0 Å². The first-order valence-corrected chi connectivity index (χ1v) is 11.2. The fourth-order valence-electron chi connectivity index (χ4n) is 4.44. The van der Waals surface area contributed by atoms with Gasteiger partial charge in [-0.05, 0) is 86.4 Å². The first-order valence-electron chi connectivity index (χ1n) is 11.2. The summed E-state index contributed by atoms with van der Waals surface area (Å²) in [7, 11) is 0. The van der Waals surface area contributed by atoms with Gasteiger partial charge in [-0.3, -0.25) is 4.79 Å². The second-order valence-corrected chi connectivity index (χ2v) is 8.61. The number of fused-ring (bicyclic) bond motifs is 1. The van der Waals surface area contributed by atoms with E-state index in [1.54, 1.807) is 0 Å². The van der Waals surface area contributed by atoms with Crippen molar-refractivity contribution in [2.45, 2.75) is 58.6 Å². The van der Waals surface area contributed by atoms with Crippen LogP contribution in [0.1, 0.15) is 59.2 Å². The van der Waals surface area contributed by atoms with Crippen LogP contribution in [0.3, 0.4) is 0 Å². The van der Waals surface area contributed by atoms with Gasteiger partial charge in [0.25, 0.3) is 5.91 Å². The third-order valence-corrected chi connectivity index (χ3v) is 6.16. The van der Waals surface area contributed by atoms with E-state index in [9.17, 15) is 4.79 Å². The molecule has 1 aliphatic carbocycles. The first-order chi connectivity index (χ1) is 15.0. The van der Waals surface area contributed by atoms with Crippen LogP contribution in [0.4, 0.5) is 0 Å². The normalized spacial score (nSPS) is 14.9. The predicted molar refractivity (Wildman–Crippen MR) is 126 cm³/mol. The molecule has 3 aromatic carbocycles. The van der Waals surface area contributed by atoms with Gasteiger partial charge in [0.05, 0.1) is 6.04 Å². The molecular formula is C28H31NO2. The molecule has 0 heterocycles. The molecule has 0 fully saturated rings. The van der Waals surface area contributed by atoms with Crippen molar-refractivity contribution in [1.29, 1.82) is 0 Å². The summed E-state index contributed by atoms with van der Waals surface area (Å²) in [5.74, 6) is 0.651. The van der Waals surface area contributed by atoms with Gasteiger partial charge in [-0.15, -0.1) is 0 Å². The highest BCUT2D eigenvalue weighted by atomic mass is 16.5. The molecule has 0 spiro atoms. The van der Waals surface area contributed by atoms with Gasteiger partial charge in [0.2, 0.25) is 0 Å². The number of aryl methyl sites for hydroxylation is 4. The molecule has 3 heteroatoms. The van der Waals surface area contributed by atoms with Crippen LogP contribution < -0.4 is 10.1 Å². The third kappa shape index (κ3) is 4.99. The SMILES string of the molecule is Cc1ccc(C(NC(=O)C(C)Oc2ccc3c(c2)CCCC3)c2ccccc2)c(C)c1. The Bertz CT molecular complexity index is 1060. The zero-order valence-electron chi connectivity index (χ0n) is 18.7. The summed E-state index contributed by atoms with van der Waals surface area (Å²) in [5, 5.41) is 3.23. The minimum absolute atomic E-state index is 0.119. The first kappa shape index (κ1) is 21.2. The van der Waals surface area contributed by atoms with Crippen molar-refractivity contribution >= 4 is 5.91 Å². The van der Waals surface area contributed by atoms with Gasteiger partial charge in [0.1, 0.15) is 5.75 Å². The molecule has 31 heavy (non-hydrogen) atoms. The molecule has 1 aliphatic rings. The Morgan fingerprint density at radius 3 is 2.39 bits per heavy atom. The van der Waals surface area contributed by atoms with Crippen molar-refractivity contribution in [3.8, 4) is 5.75 Å². The number of carbonyl (C=O) groups is 1. The lowest BCUT2D eigenvalue weighted by Crippen LogP contribution is -2.39. The number of hydrogen-bond acceptors (Lipinski definition) is 2. The molecule has 0 bridgehead atoms. The van der Waals surface area contributed by atoms with Crippen LogP contribution in [0, 0.1) is 13.8 Å². The molecule has 0 aromatic heterocycles. The molecule has 0 saturated heterocycles. The number of benzene rings is 3. The van der Waals surface area contributed by atoms with E-state index in [4.69, 9.17) is 4.74 Å². The number of amides is 1. The lowest BCUT2D eigenvalue weighted by atomic mass is 9.92. The van der Waals surface area contributed by atoms with Crippen LogP contribution in [-0.2, 0) is 17.6 Å². The molecule has 160 valence electrons. The number of ether oxygens (including phenoxy) is 1. The van der Waals surface area contributed by atoms with Crippen molar-refractivity contribution in [1.82, 2.24) is 5.32 Å². The average molecular weight is 414 g/mol.